The fourth-order valence-electron chi connectivity index (χ4n) is 3.22. The highest BCUT2D eigenvalue weighted by Gasteiger charge is 2.25. The highest BCUT2D eigenvalue weighted by Crippen LogP contribution is 2.18. The van der Waals surface area contributed by atoms with Crippen molar-refractivity contribution in [2.75, 3.05) is 13.1 Å². The average molecular weight is 363 g/mol. The smallest absolute Gasteiger partial charge is 0.253 e. The molecule has 0 radical (unpaired) electrons. The van der Waals surface area contributed by atoms with Gasteiger partial charge in [-0.25, -0.2) is 4.98 Å². The van der Waals surface area contributed by atoms with Gasteiger partial charge in [-0.3, -0.25) is 4.79 Å². The van der Waals surface area contributed by atoms with Crippen LogP contribution in [0.5, 0.6) is 5.88 Å². The second kappa shape index (κ2) is 7.99. The molecule has 1 aliphatic heterocycles. The minimum atomic E-state index is 0.0714. The molecule has 7 heteroatoms. The quantitative estimate of drug-likeness (QED) is 0.696. The zero-order chi connectivity index (χ0) is 18.5. The van der Waals surface area contributed by atoms with Crippen molar-refractivity contribution in [3.8, 4) is 5.88 Å². The van der Waals surface area contributed by atoms with Gasteiger partial charge in [0, 0.05) is 62.7 Å². The lowest BCUT2D eigenvalue weighted by molar-refractivity contribution is 0.0586. The number of rotatable bonds is 5. The second-order valence-corrected chi connectivity index (χ2v) is 6.60. The second-order valence-electron chi connectivity index (χ2n) is 6.60. The Labute approximate surface area is 157 Å². The summed E-state index contributed by atoms with van der Waals surface area (Å²) in [6.45, 7) is 2.11. The van der Waals surface area contributed by atoms with Crippen molar-refractivity contribution in [2.45, 2.75) is 25.5 Å². The van der Waals surface area contributed by atoms with E-state index in [1.165, 1.54) is 0 Å². The van der Waals surface area contributed by atoms with E-state index in [2.05, 4.69) is 15.2 Å². The zero-order valence-electron chi connectivity index (χ0n) is 14.9. The molecule has 0 unspecified atom stereocenters. The molecule has 3 heterocycles. The maximum atomic E-state index is 12.7. The van der Waals surface area contributed by atoms with Crippen LogP contribution in [0.4, 0.5) is 0 Å². The molecule has 7 nitrogen and oxygen atoms in total. The number of benzene rings is 1. The largest absolute Gasteiger partial charge is 0.473 e. The molecule has 2 aromatic heterocycles. The predicted molar refractivity (Wildman–Crippen MR) is 99.4 cm³/mol. The first-order chi connectivity index (χ1) is 13.3. The van der Waals surface area contributed by atoms with Gasteiger partial charge in [-0.1, -0.05) is 12.1 Å². The molecular weight excluding hydrogens is 342 g/mol. The van der Waals surface area contributed by atoms with Gasteiger partial charge in [-0.05, 0) is 23.8 Å². The van der Waals surface area contributed by atoms with Crippen molar-refractivity contribution in [3.63, 3.8) is 0 Å². The number of imidazole rings is 1. The normalized spacial score (nSPS) is 14.9. The number of carbonyl (C=O) groups excluding carboxylic acids is 1. The molecule has 4 rings (SSSR count). The van der Waals surface area contributed by atoms with E-state index in [0.717, 1.165) is 30.5 Å². The van der Waals surface area contributed by atoms with E-state index in [4.69, 9.17) is 4.74 Å². The van der Waals surface area contributed by atoms with Crippen LogP contribution in [0.15, 0.2) is 61.3 Å². The lowest BCUT2D eigenvalue weighted by Crippen LogP contribution is -2.41. The topological polar surface area (TPSA) is 73.1 Å². The van der Waals surface area contributed by atoms with Crippen LogP contribution < -0.4 is 4.74 Å². The van der Waals surface area contributed by atoms with Gasteiger partial charge in [0.1, 0.15) is 6.10 Å². The van der Waals surface area contributed by atoms with Crippen molar-refractivity contribution in [1.29, 1.82) is 0 Å². The molecule has 1 aromatic carbocycles. The van der Waals surface area contributed by atoms with Gasteiger partial charge >= 0.3 is 0 Å². The highest BCUT2D eigenvalue weighted by molar-refractivity contribution is 5.94. The third-order valence-electron chi connectivity index (χ3n) is 4.69. The number of aromatic nitrogens is 4. The van der Waals surface area contributed by atoms with Gasteiger partial charge in [-0.15, -0.1) is 5.10 Å². The van der Waals surface area contributed by atoms with Gasteiger partial charge in [0.15, 0.2) is 0 Å². The van der Waals surface area contributed by atoms with Gasteiger partial charge in [0.05, 0.1) is 6.33 Å². The summed E-state index contributed by atoms with van der Waals surface area (Å²) in [6, 6.07) is 11.4. The minimum absolute atomic E-state index is 0.0714. The van der Waals surface area contributed by atoms with Crippen LogP contribution in [0.2, 0.25) is 0 Å². The number of nitrogens with zero attached hydrogens (tertiary/aromatic N) is 5. The van der Waals surface area contributed by atoms with Gasteiger partial charge in [-0.2, -0.15) is 5.10 Å². The molecule has 1 saturated heterocycles. The fraction of sp³-hybridized carbons (Fsp3) is 0.300. The molecule has 27 heavy (non-hydrogen) atoms. The number of piperidine rings is 1. The van der Waals surface area contributed by atoms with Crippen molar-refractivity contribution in [1.82, 2.24) is 24.6 Å². The van der Waals surface area contributed by atoms with Crippen LogP contribution in [-0.2, 0) is 6.54 Å². The Balaban J connectivity index is 1.31. The van der Waals surface area contributed by atoms with E-state index in [1.54, 1.807) is 30.9 Å². The minimum Gasteiger partial charge on any atom is -0.473 e. The average Bonchev–Trinajstić information content (AvgIpc) is 3.22. The third kappa shape index (κ3) is 4.31. The van der Waals surface area contributed by atoms with Crippen molar-refractivity contribution < 1.29 is 9.53 Å². The summed E-state index contributed by atoms with van der Waals surface area (Å²) in [5, 5.41) is 7.77. The molecule has 138 valence electrons. The molecule has 1 fully saturated rings. The van der Waals surface area contributed by atoms with Crippen LogP contribution in [-0.4, -0.2) is 49.7 Å². The Morgan fingerprint density at radius 1 is 1.11 bits per heavy atom. The first kappa shape index (κ1) is 17.2. The summed E-state index contributed by atoms with van der Waals surface area (Å²) in [6.07, 6.45) is 8.74. The lowest BCUT2D eigenvalue weighted by atomic mass is 10.1. The molecule has 0 N–H and O–H groups in total. The Morgan fingerprint density at radius 2 is 1.93 bits per heavy atom. The van der Waals surface area contributed by atoms with Crippen molar-refractivity contribution in [2.24, 2.45) is 0 Å². The summed E-state index contributed by atoms with van der Waals surface area (Å²) in [5.74, 6) is 0.609. The number of ether oxygens (including phenoxy) is 1. The van der Waals surface area contributed by atoms with Gasteiger partial charge in [0.2, 0.25) is 5.88 Å². The number of carbonyl (C=O) groups is 1. The highest BCUT2D eigenvalue weighted by atomic mass is 16.5. The Bertz CT molecular complexity index is 857. The zero-order valence-corrected chi connectivity index (χ0v) is 14.9. The summed E-state index contributed by atoms with van der Waals surface area (Å²) in [4.78, 5) is 18.7. The third-order valence-corrected chi connectivity index (χ3v) is 4.69. The van der Waals surface area contributed by atoms with E-state index < -0.39 is 0 Å². The molecule has 1 amide bonds. The summed E-state index contributed by atoms with van der Waals surface area (Å²) in [5.41, 5.74) is 1.86. The van der Waals surface area contributed by atoms with Crippen LogP contribution in [0.3, 0.4) is 0 Å². The molecule has 0 spiro atoms. The number of hydrogen-bond acceptors (Lipinski definition) is 5. The molecule has 3 aromatic rings. The Hall–Kier alpha value is -3.22. The molecule has 0 atom stereocenters. The molecule has 0 saturated carbocycles. The SMILES string of the molecule is O=C(c1ccc(Cn2ccnc2)cc1)N1CCC(Oc2cccnn2)CC1. The van der Waals surface area contributed by atoms with E-state index in [1.807, 2.05) is 39.9 Å². The van der Waals surface area contributed by atoms with Crippen LogP contribution >= 0.6 is 0 Å². The monoisotopic (exact) mass is 363 g/mol. The predicted octanol–water partition coefficient (Wildman–Crippen LogP) is 2.41. The van der Waals surface area contributed by atoms with E-state index in [9.17, 15) is 4.79 Å². The first-order valence-corrected chi connectivity index (χ1v) is 9.06. The van der Waals surface area contributed by atoms with Crippen LogP contribution in [0.1, 0.15) is 28.8 Å². The molecular formula is C20H21N5O2. The number of amides is 1. The van der Waals surface area contributed by atoms with Gasteiger partial charge in [0.25, 0.3) is 5.91 Å². The summed E-state index contributed by atoms with van der Waals surface area (Å²) < 4.78 is 7.83. The lowest BCUT2D eigenvalue weighted by Gasteiger charge is -2.32. The standard InChI is InChI=1S/C20H21N5O2/c26-20(17-5-3-16(4-6-17)14-24-13-10-21-15-24)25-11-7-18(8-12-25)27-19-2-1-9-22-23-19/h1-6,9-10,13,15,18H,7-8,11-12,14H2. The summed E-state index contributed by atoms with van der Waals surface area (Å²) >= 11 is 0. The van der Waals surface area contributed by atoms with Crippen LogP contribution in [0, 0.1) is 0 Å². The summed E-state index contributed by atoms with van der Waals surface area (Å²) in [7, 11) is 0. The first-order valence-electron chi connectivity index (χ1n) is 9.06. The molecule has 1 aliphatic rings. The molecule has 0 bridgehead atoms. The number of likely N-dealkylation sites (tertiary alicyclic amines) is 1. The van der Waals surface area contributed by atoms with Gasteiger partial charge < -0.3 is 14.2 Å². The number of hydrogen-bond donors (Lipinski definition) is 0. The van der Waals surface area contributed by atoms with E-state index in [0.29, 0.717) is 19.0 Å². The fourth-order valence-corrected chi connectivity index (χ4v) is 3.22. The van der Waals surface area contributed by atoms with Crippen molar-refractivity contribution >= 4 is 5.91 Å². The van der Waals surface area contributed by atoms with E-state index in [-0.39, 0.29) is 12.0 Å². The molecule has 0 aliphatic carbocycles. The van der Waals surface area contributed by atoms with Crippen LogP contribution in [0.25, 0.3) is 0 Å². The Morgan fingerprint density at radius 3 is 2.59 bits per heavy atom. The van der Waals surface area contributed by atoms with E-state index >= 15 is 0 Å². The maximum Gasteiger partial charge on any atom is 0.253 e. The maximum absolute atomic E-state index is 12.7. The Kier molecular flexibility index (Phi) is 5.09. The van der Waals surface area contributed by atoms with Crippen molar-refractivity contribution in [3.05, 3.63) is 72.4 Å².